The van der Waals surface area contributed by atoms with E-state index in [9.17, 15) is 0 Å². The number of hydrogen-bond donors (Lipinski definition) is 2. The van der Waals surface area contributed by atoms with Gasteiger partial charge in [-0.3, -0.25) is 4.99 Å². The van der Waals surface area contributed by atoms with Gasteiger partial charge in [0.05, 0.1) is 19.9 Å². The van der Waals surface area contributed by atoms with Crippen LogP contribution in [0.3, 0.4) is 0 Å². The number of benzene rings is 2. The average molecular weight is 506 g/mol. The summed E-state index contributed by atoms with van der Waals surface area (Å²) >= 11 is 0. The lowest BCUT2D eigenvalue weighted by Gasteiger charge is -2.12. The van der Waals surface area contributed by atoms with Crippen molar-refractivity contribution in [1.29, 1.82) is 0 Å². The predicted octanol–water partition coefficient (Wildman–Crippen LogP) is 4.18. The van der Waals surface area contributed by atoms with E-state index >= 15 is 0 Å². The molecule has 0 saturated carbocycles. The first kappa shape index (κ1) is 22.7. The van der Waals surface area contributed by atoms with E-state index < -0.39 is 0 Å². The highest BCUT2D eigenvalue weighted by Crippen LogP contribution is 2.20. The first-order valence-corrected chi connectivity index (χ1v) is 9.27. The number of oxazole rings is 1. The van der Waals surface area contributed by atoms with Gasteiger partial charge in [-0.25, -0.2) is 4.98 Å². The largest absolute Gasteiger partial charge is 0.496 e. The molecule has 0 saturated heterocycles. The molecule has 0 aliphatic carbocycles. The number of rotatable bonds is 7. The minimum Gasteiger partial charge on any atom is -0.496 e. The van der Waals surface area contributed by atoms with Crippen molar-refractivity contribution in [3.8, 4) is 17.1 Å². The van der Waals surface area contributed by atoms with E-state index in [1.165, 1.54) is 5.56 Å². The zero-order chi connectivity index (χ0) is 19.8. The van der Waals surface area contributed by atoms with Crippen LogP contribution in [0.15, 0.2) is 64.1 Å². The molecule has 154 valence electrons. The Labute approximate surface area is 188 Å². The second-order valence-electron chi connectivity index (χ2n) is 6.40. The fraction of sp³-hybridized carbons (Fsp3) is 0.273. The van der Waals surface area contributed by atoms with Crippen molar-refractivity contribution in [2.24, 2.45) is 4.99 Å². The van der Waals surface area contributed by atoms with Gasteiger partial charge in [0.1, 0.15) is 5.75 Å². The number of aryl methyl sites for hydroxylation is 1. The normalized spacial score (nSPS) is 10.9. The fourth-order valence-electron chi connectivity index (χ4n) is 2.85. The Morgan fingerprint density at radius 3 is 2.59 bits per heavy atom. The van der Waals surface area contributed by atoms with Crippen molar-refractivity contribution in [2.75, 3.05) is 20.7 Å². The molecule has 0 atom stereocenters. The molecule has 1 aromatic heterocycles. The first-order chi connectivity index (χ1) is 13.7. The zero-order valence-corrected chi connectivity index (χ0v) is 19.3. The van der Waals surface area contributed by atoms with Gasteiger partial charge in [0.15, 0.2) is 11.7 Å². The molecule has 0 aliphatic heterocycles. The van der Waals surface area contributed by atoms with Gasteiger partial charge in [0.2, 0.25) is 5.89 Å². The Morgan fingerprint density at radius 1 is 1.10 bits per heavy atom. The number of ether oxygens (including phenoxy) is 1. The summed E-state index contributed by atoms with van der Waals surface area (Å²) in [5.74, 6) is 2.97. The zero-order valence-electron chi connectivity index (χ0n) is 16.9. The fourth-order valence-corrected chi connectivity index (χ4v) is 2.85. The molecule has 3 aromatic rings. The predicted molar refractivity (Wildman–Crippen MR) is 127 cm³/mol. The molecule has 7 heteroatoms. The van der Waals surface area contributed by atoms with Gasteiger partial charge >= 0.3 is 0 Å². The van der Waals surface area contributed by atoms with Crippen molar-refractivity contribution < 1.29 is 9.15 Å². The van der Waals surface area contributed by atoms with E-state index in [1.807, 2.05) is 30.3 Å². The number of guanidine groups is 1. The van der Waals surface area contributed by atoms with Gasteiger partial charge in [-0.1, -0.05) is 48.0 Å². The smallest absolute Gasteiger partial charge is 0.214 e. The summed E-state index contributed by atoms with van der Waals surface area (Å²) < 4.78 is 11.2. The van der Waals surface area contributed by atoms with Crippen LogP contribution in [0.25, 0.3) is 11.3 Å². The van der Waals surface area contributed by atoms with Gasteiger partial charge < -0.3 is 19.8 Å². The summed E-state index contributed by atoms with van der Waals surface area (Å²) in [4.78, 5) is 8.59. The minimum absolute atomic E-state index is 0. The number of nitrogens with one attached hydrogen (secondary N) is 2. The lowest BCUT2D eigenvalue weighted by atomic mass is 10.1. The molecule has 0 spiro atoms. The van der Waals surface area contributed by atoms with Crippen molar-refractivity contribution >= 4 is 29.9 Å². The molecule has 0 bridgehead atoms. The number of hydrogen-bond acceptors (Lipinski definition) is 4. The summed E-state index contributed by atoms with van der Waals surface area (Å²) in [5.41, 5.74) is 3.39. The average Bonchev–Trinajstić information content (AvgIpc) is 3.20. The number of aliphatic imine (C=N–C) groups is 1. The molecule has 2 N–H and O–H groups in total. The number of nitrogens with zero attached hydrogens (tertiary/aromatic N) is 2. The molecule has 0 amide bonds. The van der Waals surface area contributed by atoms with Crippen LogP contribution in [0.4, 0.5) is 0 Å². The monoisotopic (exact) mass is 506 g/mol. The van der Waals surface area contributed by atoms with Gasteiger partial charge in [-0.2, -0.15) is 0 Å². The summed E-state index contributed by atoms with van der Waals surface area (Å²) in [5, 5.41) is 6.52. The van der Waals surface area contributed by atoms with Crippen molar-refractivity contribution in [3.63, 3.8) is 0 Å². The van der Waals surface area contributed by atoms with Crippen LogP contribution in [-0.2, 0) is 13.0 Å². The van der Waals surface area contributed by atoms with E-state index in [0.29, 0.717) is 18.4 Å². The maximum Gasteiger partial charge on any atom is 0.214 e. The SMILES string of the molecule is CN=C(NCCc1ccccc1OC)NCc1ncc(-c2ccc(C)cc2)o1.I. The molecule has 29 heavy (non-hydrogen) atoms. The van der Waals surface area contributed by atoms with Crippen LogP contribution in [0.5, 0.6) is 5.75 Å². The summed E-state index contributed by atoms with van der Waals surface area (Å²) in [7, 11) is 3.43. The number of methoxy groups -OCH3 is 1. The molecule has 2 aromatic carbocycles. The first-order valence-electron chi connectivity index (χ1n) is 9.27. The quantitative estimate of drug-likeness (QED) is 0.286. The Hall–Kier alpha value is -2.55. The highest BCUT2D eigenvalue weighted by Gasteiger charge is 2.08. The maximum atomic E-state index is 5.84. The van der Waals surface area contributed by atoms with Crippen LogP contribution in [0, 0.1) is 6.92 Å². The lowest BCUT2D eigenvalue weighted by Crippen LogP contribution is -2.37. The number of para-hydroxylation sites is 1. The van der Waals surface area contributed by atoms with E-state index in [1.54, 1.807) is 20.4 Å². The second kappa shape index (κ2) is 11.5. The Kier molecular flexibility index (Phi) is 8.98. The second-order valence-corrected chi connectivity index (χ2v) is 6.40. The molecular formula is C22H27IN4O2. The highest BCUT2D eigenvalue weighted by atomic mass is 127. The third-order valence-corrected chi connectivity index (χ3v) is 4.40. The Bertz CT molecular complexity index is 923. The summed E-state index contributed by atoms with van der Waals surface area (Å²) in [6.07, 6.45) is 2.58. The topological polar surface area (TPSA) is 71.7 Å². The minimum atomic E-state index is 0. The van der Waals surface area contributed by atoms with E-state index in [-0.39, 0.29) is 24.0 Å². The molecule has 1 heterocycles. The van der Waals surface area contributed by atoms with Gasteiger partial charge in [-0.15, -0.1) is 24.0 Å². The summed E-state index contributed by atoms with van der Waals surface area (Å²) in [6, 6.07) is 16.2. The van der Waals surface area contributed by atoms with Crippen LogP contribution >= 0.6 is 24.0 Å². The van der Waals surface area contributed by atoms with Crippen LogP contribution in [0.1, 0.15) is 17.0 Å². The van der Waals surface area contributed by atoms with Gasteiger partial charge in [-0.05, 0) is 25.0 Å². The van der Waals surface area contributed by atoms with E-state index in [2.05, 4.69) is 45.7 Å². The number of halogens is 1. The standard InChI is InChI=1S/C22H26N4O2.HI/c1-16-8-10-18(11-9-16)20-14-25-21(28-20)15-26-22(23-2)24-13-12-17-6-4-5-7-19(17)27-3;/h4-11,14H,12-13,15H2,1-3H3,(H2,23,24,26);1H. The van der Waals surface area contributed by atoms with Gasteiger partial charge in [0, 0.05) is 19.2 Å². The third kappa shape index (κ3) is 6.49. The van der Waals surface area contributed by atoms with Crippen LogP contribution < -0.4 is 15.4 Å². The third-order valence-electron chi connectivity index (χ3n) is 4.40. The van der Waals surface area contributed by atoms with Gasteiger partial charge in [0.25, 0.3) is 0 Å². The molecule has 3 rings (SSSR count). The van der Waals surface area contributed by atoms with E-state index in [0.717, 1.165) is 35.6 Å². The molecule has 0 unspecified atom stereocenters. The Morgan fingerprint density at radius 2 is 1.86 bits per heavy atom. The molecule has 0 aliphatic rings. The molecule has 0 radical (unpaired) electrons. The molecule has 6 nitrogen and oxygen atoms in total. The summed E-state index contributed by atoms with van der Waals surface area (Å²) in [6.45, 7) is 3.26. The lowest BCUT2D eigenvalue weighted by molar-refractivity contribution is 0.409. The molecular weight excluding hydrogens is 479 g/mol. The van der Waals surface area contributed by atoms with Crippen molar-refractivity contribution in [3.05, 3.63) is 71.7 Å². The van der Waals surface area contributed by atoms with Crippen LogP contribution in [-0.4, -0.2) is 31.6 Å². The highest BCUT2D eigenvalue weighted by molar-refractivity contribution is 14.0. The maximum absolute atomic E-state index is 5.84. The Balaban J connectivity index is 0.00000300. The molecule has 0 fully saturated rings. The van der Waals surface area contributed by atoms with E-state index in [4.69, 9.17) is 9.15 Å². The van der Waals surface area contributed by atoms with Crippen molar-refractivity contribution in [1.82, 2.24) is 15.6 Å². The number of aromatic nitrogens is 1. The van der Waals surface area contributed by atoms with Crippen LogP contribution in [0.2, 0.25) is 0 Å². The van der Waals surface area contributed by atoms with Crippen molar-refractivity contribution in [2.45, 2.75) is 19.9 Å².